The Morgan fingerprint density at radius 3 is 2.81 bits per heavy atom. The van der Waals surface area contributed by atoms with E-state index in [0.29, 0.717) is 18.1 Å². The van der Waals surface area contributed by atoms with E-state index in [4.69, 9.17) is 14.2 Å². The Balaban J connectivity index is 1.27. The van der Waals surface area contributed by atoms with E-state index in [0.717, 1.165) is 11.6 Å². The van der Waals surface area contributed by atoms with Gasteiger partial charge in [-0.15, -0.1) is 10.2 Å². The standard InChI is InChI=1S/C27H26FN5O4/c1-17(2)33-16-29-32-26(33)22-9-6-10-25(30-22)31-27(34)20-11-24-23(12-21(20)28)36-15-19(37-24)14-35-13-18-7-4-3-5-8-18/h3-12,16-17,19H,13-15H2,1-2H3,(H,30,31,34). The van der Waals surface area contributed by atoms with Gasteiger partial charge in [0.15, 0.2) is 23.4 Å². The summed E-state index contributed by atoms with van der Waals surface area (Å²) in [5, 5.41) is 10.7. The minimum absolute atomic E-state index is 0.129. The van der Waals surface area contributed by atoms with E-state index in [9.17, 15) is 9.18 Å². The van der Waals surface area contributed by atoms with Gasteiger partial charge >= 0.3 is 0 Å². The lowest BCUT2D eigenvalue weighted by Gasteiger charge is -2.27. The fourth-order valence-corrected chi connectivity index (χ4v) is 3.89. The lowest BCUT2D eigenvalue weighted by atomic mass is 10.1. The lowest BCUT2D eigenvalue weighted by molar-refractivity contribution is 0.00249. The molecule has 0 fully saturated rings. The number of aromatic nitrogens is 4. The number of ether oxygens (including phenoxy) is 3. The molecule has 5 rings (SSSR count). The van der Waals surface area contributed by atoms with E-state index < -0.39 is 17.8 Å². The summed E-state index contributed by atoms with van der Waals surface area (Å²) < 4.78 is 34.0. The number of anilines is 1. The number of carbonyl (C=O) groups excluding carboxylic acids is 1. The third-order valence-corrected chi connectivity index (χ3v) is 5.76. The third-order valence-electron chi connectivity index (χ3n) is 5.76. The maximum Gasteiger partial charge on any atom is 0.259 e. The number of hydrogen-bond donors (Lipinski definition) is 1. The summed E-state index contributed by atoms with van der Waals surface area (Å²) in [5.41, 5.74) is 1.39. The number of hydrogen-bond acceptors (Lipinski definition) is 7. The molecule has 37 heavy (non-hydrogen) atoms. The smallest absolute Gasteiger partial charge is 0.259 e. The van der Waals surface area contributed by atoms with Crippen LogP contribution in [-0.2, 0) is 11.3 Å². The highest BCUT2D eigenvalue weighted by molar-refractivity contribution is 6.04. The number of pyridine rings is 1. The Morgan fingerprint density at radius 1 is 1.16 bits per heavy atom. The minimum Gasteiger partial charge on any atom is -0.486 e. The summed E-state index contributed by atoms with van der Waals surface area (Å²) in [5.74, 6) is -0.0607. The number of fused-ring (bicyclic) bond motifs is 1. The van der Waals surface area contributed by atoms with Gasteiger partial charge in [-0.25, -0.2) is 9.37 Å². The van der Waals surface area contributed by atoms with E-state index in [1.165, 1.54) is 6.07 Å². The van der Waals surface area contributed by atoms with Crippen LogP contribution in [0.3, 0.4) is 0 Å². The number of amides is 1. The number of rotatable bonds is 8. The zero-order valence-corrected chi connectivity index (χ0v) is 20.4. The Bertz CT molecular complexity index is 1390. The predicted molar refractivity (Wildman–Crippen MR) is 134 cm³/mol. The van der Waals surface area contributed by atoms with Crippen LogP contribution in [0.1, 0.15) is 35.8 Å². The molecule has 1 N–H and O–H groups in total. The largest absolute Gasteiger partial charge is 0.486 e. The molecule has 2 aromatic heterocycles. The van der Waals surface area contributed by atoms with Crippen molar-refractivity contribution in [3.8, 4) is 23.0 Å². The van der Waals surface area contributed by atoms with Gasteiger partial charge in [0.25, 0.3) is 5.91 Å². The average Bonchev–Trinajstić information content (AvgIpc) is 3.40. The summed E-state index contributed by atoms with van der Waals surface area (Å²) in [6.45, 7) is 4.94. The fraction of sp³-hybridized carbons (Fsp3) is 0.259. The second-order valence-corrected chi connectivity index (χ2v) is 8.85. The van der Waals surface area contributed by atoms with E-state index in [-0.39, 0.29) is 42.1 Å². The van der Waals surface area contributed by atoms with Crippen molar-refractivity contribution in [2.24, 2.45) is 0 Å². The average molecular weight is 504 g/mol. The van der Waals surface area contributed by atoms with Crippen molar-refractivity contribution in [3.05, 3.63) is 83.9 Å². The Morgan fingerprint density at radius 2 is 2.00 bits per heavy atom. The summed E-state index contributed by atoms with van der Waals surface area (Å²) in [4.78, 5) is 17.4. The highest BCUT2D eigenvalue weighted by Crippen LogP contribution is 2.34. The maximum absolute atomic E-state index is 14.8. The quantitative estimate of drug-likeness (QED) is 0.373. The van der Waals surface area contributed by atoms with Crippen molar-refractivity contribution in [2.75, 3.05) is 18.5 Å². The molecule has 0 saturated carbocycles. The molecular weight excluding hydrogens is 477 g/mol. The molecule has 190 valence electrons. The monoisotopic (exact) mass is 503 g/mol. The lowest BCUT2D eigenvalue weighted by Crippen LogP contribution is -2.33. The number of nitrogens with zero attached hydrogens (tertiary/aromatic N) is 4. The van der Waals surface area contributed by atoms with Gasteiger partial charge in [0.1, 0.15) is 30.3 Å². The topological polar surface area (TPSA) is 100 Å². The number of nitrogens with one attached hydrogen (secondary N) is 1. The predicted octanol–water partition coefficient (Wildman–Crippen LogP) is 4.67. The molecule has 0 saturated heterocycles. The first-order valence-electron chi connectivity index (χ1n) is 11.9. The first-order chi connectivity index (χ1) is 18.0. The van der Waals surface area contributed by atoms with Gasteiger partial charge in [-0.05, 0) is 37.6 Å². The van der Waals surface area contributed by atoms with Crippen LogP contribution >= 0.6 is 0 Å². The number of benzene rings is 2. The minimum atomic E-state index is -0.727. The van der Waals surface area contributed by atoms with E-state index in [1.54, 1.807) is 24.5 Å². The summed E-state index contributed by atoms with van der Waals surface area (Å²) >= 11 is 0. The second-order valence-electron chi connectivity index (χ2n) is 8.85. The van der Waals surface area contributed by atoms with E-state index in [2.05, 4.69) is 20.5 Å². The molecule has 0 radical (unpaired) electrons. The van der Waals surface area contributed by atoms with Gasteiger partial charge in [0.05, 0.1) is 18.8 Å². The highest BCUT2D eigenvalue weighted by atomic mass is 19.1. The highest BCUT2D eigenvalue weighted by Gasteiger charge is 2.25. The maximum atomic E-state index is 14.8. The first kappa shape index (κ1) is 24.4. The van der Waals surface area contributed by atoms with Gasteiger partial charge in [-0.2, -0.15) is 0 Å². The molecule has 1 amide bonds. The van der Waals surface area contributed by atoms with Crippen molar-refractivity contribution < 1.29 is 23.4 Å². The molecular formula is C27H26FN5O4. The van der Waals surface area contributed by atoms with Crippen LogP contribution in [0.5, 0.6) is 11.5 Å². The molecule has 0 bridgehead atoms. The van der Waals surface area contributed by atoms with Crippen LogP contribution < -0.4 is 14.8 Å². The second kappa shape index (κ2) is 10.8. The molecule has 10 heteroatoms. The molecule has 0 spiro atoms. The van der Waals surface area contributed by atoms with Crippen molar-refractivity contribution in [3.63, 3.8) is 0 Å². The van der Waals surface area contributed by atoms with E-state index in [1.807, 2.05) is 48.7 Å². The number of halogens is 1. The fourth-order valence-electron chi connectivity index (χ4n) is 3.89. The zero-order valence-electron chi connectivity index (χ0n) is 20.4. The Labute approximate surface area is 213 Å². The van der Waals surface area contributed by atoms with Crippen LogP contribution in [-0.4, -0.2) is 45.0 Å². The first-order valence-corrected chi connectivity index (χ1v) is 11.9. The van der Waals surface area contributed by atoms with Crippen molar-refractivity contribution >= 4 is 11.7 Å². The Kier molecular flexibility index (Phi) is 7.09. The molecule has 1 aliphatic rings. The van der Waals surface area contributed by atoms with Crippen molar-refractivity contribution in [1.29, 1.82) is 0 Å². The van der Waals surface area contributed by atoms with Crippen LogP contribution in [0.15, 0.2) is 67.0 Å². The van der Waals surface area contributed by atoms with Gasteiger partial charge < -0.3 is 24.1 Å². The van der Waals surface area contributed by atoms with E-state index >= 15 is 0 Å². The molecule has 1 unspecified atom stereocenters. The molecule has 0 aliphatic carbocycles. The summed E-state index contributed by atoms with van der Waals surface area (Å²) in [6, 6.07) is 17.5. The van der Waals surface area contributed by atoms with Gasteiger partial charge in [-0.3, -0.25) is 4.79 Å². The zero-order chi connectivity index (χ0) is 25.8. The van der Waals surface area contributed by atoms with Gasteiger partial charge in [0.2, 0.25) is 0 Å². The third kappa shape index (κ3) is 5.59. The molecule has 4 aromatic rings. The molecule has 2 aromatic carbocycles. The van der Waals surface area contributed by atoms with Crippen LogP contribution in [0, 0.1) is 5.82 Å². The summed E-state index contributed by atoms with van der Waals surface area (Å²) in [6.07, 6.45) is 1.23. The molecule has 1 aliphatic heterocycles. The van der Waals surface area contributed by atoms with Crippen molar-refractivity contribution in [1.82, 2.24) is 19.7 Å². The van der Waals surface area contributed by atoms with Crippen LogP contribution in [0.25, 0.3) is 11.5 Å². The molecule has 9 nitrogen and oxygen atoms in total. The summed E-state index contributed by atoms with van der Waals surface area (Å²) in [7, 11) is 0. The number of carbonyl (C=O) groups is 1. The van der Waals surface area contributed by atoms with Gasteiger partial charge in [0, 0.05) is 12.1 Å². The normalized spacial score (nSPS) is 14.5. The van der Waals surface area contributed by atoms with Gasteiger partial charge in [-0.1, -0.05) is 36.4 Å². The molecule has 1 atom stereocenters. The SMILES string of the molecule is CC(C)n1cnnc1-c1cccc(NC(=O)c2cc3c(cc2F)OCC(COCc2ccccc2)O3)n1. The van der Waals surface area contributed by atoms with Crippen molar-refractivity contribution in [2.45, 2.75) is 32.6 Å². The van der Waals surface area contributed by atoms with Crippen LogP contribution in [0.2, 0.25) is 0 Å². The van der Waals surface area contributed by atoms with Crippen LogP contribution in [0.4, 0.5) is 10.2 Å². The Hall–Kier alpha value is -4.31. The molecule has 3 heterocycles.